The van der Waals surface area contributed by atoms with Gasteiger partial charge in [0.1, 0.15) is 11.6 Å². The predicted molar refractivity (Wildman–Crippen MR) is 124 cm³/mol. The summed E-state index contributed by atoms with van der Waals surface area (Å²) in [5.41, 5.74) is 2.41. The number of benzene rings is 2. The van der Waals surface area contributed by atoms with Crippen LogP contribution in [0.25, 0.3) is 11.0 Å². The summed E-state index contributed by atoms with van der Waals surface area (Å²) >= 11 is 0. The second kappa shape index (κ2) is 8.95. The first kappa shape index (κ1) is 21.0. The van der Waals surface area contributed by atoms with E-state index in [0.29, 0.717) is 55.6 Å². The lowest BCUT2D eigenvalue weighted by molar-refractivity contribution is 0.246. The molecule has 1 aliphatic rings. The molecule has 168 valence electrons. The van der Waals surface area contributed by atoms with E-state index in [1.807, 2.05) is 24.3 Å². The first-order valence-electron chi connectivity index (χ1n) is 10.7. The van der Waals surface area contributed by atoms with Crippen LogP contribution in [0, 0.1) is 11.6 Å². The van der Waals surface area contributed by atoms with E-state index in [1.54, 1.807) is 12.3 Å². The van der Waals surface area contributed by atoms with Crippen LogP contribution in [0.15, 0.2) is 65.6 Å². The molecule has 1 aliphatic heterocycles. The van der Waals surface area contributed by atoms with E-state index in [0.717, 1.165) is 17.1 Å². The number of aromatic nitrogens is 3. The van der Waals surface area contributed by atoms with Gasteiger partial charge in [-0.2, -0.15) is 0 Å². The van der Waals surface area contributed by atoms with Gasteiger partial charge < -0.3 is 15.2 Å². The van der Waals surface area contributed by atoms with E-state index < -0.39 is 11.6 Å². The third-order valence-electron chi connectivity index (χ3n) is 5.67. The number of fused-ring (bicyclic) bond motifs is 1. The molecule has 0 radical (unpaired) electrons. The summed E-state index contributed by atoms with van der Waals surface area (Å²) in [5.74, 6) is 0.461. The van der Waals surface area contributed by atoms with Crippen molar-refractivity contribution in [3.63, 3.8) is 0 Å². The summed E-state index contributed by atoms with van der Waals surface area (Å²) in [6, 6.07) is 14.3. The fraction of sp³-hybridized carbons (Fsp3) is 0.208. The Labute approximate surface area is 188 Å². The molecular weight excluding hydrogens is 426 g/mol. The molecule has 1 fully saturated rings. The van der Waals surface area contributed by atoms with Crippen molar-refractivity contribution in [1.29, 1.82) is 0 Å². The number of anilines is 3. The molecule has 0 saturated carbocycles. The molecule has 9 heteroatoms. The van der Waals surface area contributed by atoms with Crippen LogP contribution < -0.4 is 15.8 Å². The van der Waals surface area contributed by atoms with Gasteiger partial charge in [0.15, 0.2) is 11.6 Å². The minimum Gasteiger partial charge on any atom is -0.351 e. The number of aromatic amines is 1. The smallest absolute Gasteiger partial charge is 0.248 e. The highest BCUT2D eigenvalue weighted by Crippen LogP contribution is 2.28. The van der Waals surface area contributed by atoms with Crippen LogP contribution in [-0.2, 0) is 6.54 Å². The van der Waals surface area contributed by atoms with Crippen LogP contribution in [0.3, 0.4) is 0 Å². The summed E-state index contributed by atoms with van der Waals surface area (Å²) in [7, 11) is 0. The first-order valence-corrected chi connectivity index (χ1v) is 10.7. The maximum atomic E-state index is 14.0. The van der Waals surface area contributed by atoms with Gasteiger partial charge in [0.25, 0.3) is 0 Å². The molecule has 2 aromatic heterocycles. The minimum absolute atomic E-state index is 0.184. The highest BCUT2D eigenvalue weighted by Gasteiger charge is 2.23. The van der Waals surface area contributed by atoms with Gasteiger partial charge in [-0.3, -0.25) is 9.69 Å². The zero-order valence-electron chi connectivity index (χ0n) is 17.8. The van der Waals surface area contributed by atoms with E-state index in [9.17, 15) is 13.6 Å². The molecular formula is C24H22F2N6O. The van der Waals surface area contributed by atoms with E-state index in [-0.39, 0.29) is 5.56 Å². The van der Waals surface area contributed by atoms with E-state index in [4.69, 9.17) is 9.97 Å². The monoisotopic (exact) mass is 448 g/mol. The van der Waals surface area contributed by atoms with Crippen molar-refractivity contribution in [1.82, 2.24) is 19.9 Å². The number of hydrogen-bond acceptors (Lipinski definition) is 6. The Morgan fingerprint density at radius 3 is 2.42 bits per heavy atom. The summed E-state index contributed by atoms with van der Waals surface area (Å²) < 4.78 is 27.6. The molecule has 3 heterocycles. The van der Waals surface area contributed by atoms with E-state index >= 15 is 0 Å². The third kappa shape index (κ3) is 4.68. The van der Waals surface area contributed by atoms with Crippen molar-refractivity contribution in [2.45, 2.75) is 6.54 Å². The topological polar surface area (TPSA) is 77.2 Å². The van der Waals surface area contributed by atoms with Crippen molar-refractivity contribution < 1.29 is 8.78 Å². The van der Waals surface area contributed by atoms with Crippen molar-refractivity contribution in [2.75, 3.05) is 36.4 Å². The maximum absolute atomic E-state index is 14.0. The lowest BCUT2D eigenvalue weighted by Crippen LogP contribution is -2.46. The summed E-state index contributed by atoms with van der Waals surface area (Å²) in [4.78, 5) is 27.9. The SMILES string of the molecule is O=c1ccc(Nc2nc3ccccc3nc2N2CCN(Cc3cc(F)ccc3F)CC2)c[nH]1. The molecule has 33 heavy (non-hydrogen) atoms. The second-order valence-corrected chi connectivity index (χ2v) is 7.95. The van der Waals surface area contributed by atoms with Gasteiger partial charge in [-0.25, -0.2) is 18.7 Å². The number of pyridine rings is 1. The Kier molecular flexibility index (Phi) is 5.70. The number of nitrogens with one attached hydrogen (secondary N) is 2. The number of H-pyrrole nitrogens is 1. The summed E-state index contributed by atoms with van der Waals surface area (Å²) in [6.45, 7) is 3.00. The van der Waals surface area contributed by atoms with Gasteiger partial charge in [0.2, 0.25) is 5.56 Å². The molecule has 1 saturated heterocycles. The Balaban J connectivity index is 1.38. The maximum Gasteiger partial charge on any atom is 0.248 e. The fourth-order valence-electron chi connectivity index (χ4n) is 3.94. The summed E-state index contributed by atoms with van der Waals surface area (Å²) in [5, 5.41) is 3.26. The number of nitrogens with zero attached hydrogens (tertiary/aromatic N) is 4. The Morgan fingerprint density at radius 2 is 1.70 bits per heavy atom. The van der Waals surface area contributed by atoms with Crippen LogP contribution in [-0.4, -0.2) is 46.0 Å². The van der Waals surface area contributed by atoms with E-state index in [2.05, 4.69) is 20.1 Å². The lowest BCUT2D eigenvalue weighted by atomic mass is 10.1. The summed E-state index contributed by atoms with van der Waals surface area (Å²) in [6.07, 6.45) is 1.59. The molecule has 0 bridgehead atoms. The van der Waals surface area contributed by atoms with Gasteiger partial charge >= 0.3 is 0 Å². The second-order valence-electron chi connectivity index (χ2n) is 7.95. The number of hydrogen-bond donors (Lipinski definition) is 2. The molecule has 4 aromatic rings. The largest absolute Gasteiger partial charge is 0.351 e. The fourth-order valence-corrected chi connectivity index (χ4v) is 3.94. The van der Waals surface area contributed by atoms with Crippen LogP contribution in [0.1, 0.15) is 5.56 Å². The van der Waals surface area contributed by atoms with Crippen molar-refractivity contribution >= 4 is 28.4 Å². The predicted octanol–water partition coefficient (Wildman–Crippen LogP) is 3.66. The van der Waals surface area contributed by atoms with Crippen molar-refractivity contribution in [3.8, 4) is 0 Å². The van der Waals surface area contributed by atoms with Crippen LogP contribution in [0.5, 0.6) is 0 Å². The number of piperazine rings is 1. The number of halogens is 2. The van der Waals surface area contributed by atoms with Gasteiger partial charge in [-0.05, 0) is 36.4 Å². The molecule has 0 spiro atoms. The lowest BCUT2D eigenvalue weighted by Gasteiger charge is -2.36. The number of rotatable bonds is 5. The Bertz CT molecular complexity index is 1330. The van der Waals surface area contributed by atoms with Gasteiger partial charge in [-0.15, -0.1) is 0 Å². The molecule has 5 rings (SSSR count). The van der Waals surface area contributed by atoms with Crippen molar-refractivity contribution in [2.24, 2.45) is 0 Å². The van der Waals surface area contributed by atoms with Crippen LogP contribution >= 0.6 is 0 Å². The standard InChI is InChI=1S/C24H22F2N6O/c25-17-5-7-19(26)16(13-17)15-31-9-11-32(12-10-31)24-23(28-18-6-8-22(33)27-14-18)29-20-3-1-2-4-21(20)30-24/h1-8,13-14H,9-12,15H2,(H,27,33)(H,28,29). The molecule has 2 N–H and O–H groups in total. The highest BCUT2D eigenvalue weighted by atomic mass is 19.1. The quantitative estimate of drug-likeness (QED) is 0.485. The molecule has 2 aromatic carbocycles. The van der Waals surface area contributed by atoms with Gasteiger partial charge in [-0.1, -0.05) is 12.1 Å². The molecule has 0 unspecified atom stereocenters. The Hall–Kier alpha value is -3.85. The van der Waals surface area contributed by atoms with Gasteiger partial charge in [0, 0.05) is 50.6 Å². The first-order chi connectivity index (χ1) is 16.0. The molecule has 0 amide bonds. The number of para-hydroxylation sites is 2. The van der Waals surface area contributed by atoms with Gasteiger partial charge in [0.05, 0.1) is 16.7 Å². The zero-order chi connectivity index (χ0) is 22.8. The van der Waals surface area contributed by atoms with E-state index in [1.165, 1.54) is 18.2 Å². The van der Waals surface area contributed by atoms with Crippen LogP contribution in [0.4, 0.5) is 26.1 Å². The van der Waals surface area contributed by atoms with Crippen molar-refractivity contribution in [3.05, 3.63) is 88.3 Å². The Morgan fingerprint density at radius 1 is 0.939 bits per heavy atom. The minimum atomic E-state index is -0.436. The molecule has 0 atom stereocenters. The molecule has 7 nitrogen and oxygen atoms in total. The molecule has 0 aliphatic carbocycles. The third-order valence-corrected chi connectivity index (χ3v) is 5.67. The highest BCUT2D eigenvalue weighted by molar-refractivity contribution is 5.82. The zero-order valence-corrected chi connectivity index (χ0v) is 17.8. The average molecular weight is 448 g/mol. The van der Waals surface area contributed by atoms with Crippen LogP contribution in [0.2, 0.25) is 0 Å². The normalized spacial score (nSPS) is 14.5. The average Bonchev–Trinajstić information content (AvgIpc) is 2.83.